The Hall–Kier alpha value is -0.870. The highest BCUT2D eigenvalue weighted by Gasteiger charge is 2.10. The van der Waals surface area contributed by atoms with Gasteiger partial charge in [0.15, 0.2) is 0 Å². The molecular weight excluding hydrogens is 214 g/mol. The number of aliphatic hydroxyl groups is 1. The maximum Gasteiger partial charge on any atom is 0.0719 e. The van der Waals surface area contributed by atoms with Gasteiger partial charge in [0.1, 0.15) is 0 Å². The minimum Gasteiger partial charge on any atom is -0.391 e. The molecule has 1 heterocycles. The summed E-state index contributed by atoms with van der Waals surface area (Å²) < 4.78 is 1.87. The molecule has 0 spiro atoms. The first-order valence-corrected chi connectivity index (χ1v) is 6.43. The largest absolute Gasteiger partial charge is 0.391 e. The third-order valence-corrected chi connectivity index (χ3v) is 2.77. The lowest BCUT2D eigenvalue weighted by atomic mass is 10.1. The van der Waals surface area contributed by atoms with Crippen LogP contribution in [0.1, 0.15) is 32.2 Å². The van der Waals surface area contributed by atoms with Gasteiger partial charge in [0, 0.05) is 25.7 Å². The lowest BCUT2D eigenvalue weighted by Gasteiger charge is -2.13. The van der Waals surface area contributed by atoms with Gasteiger partial charge in [0.25, 0.3) is 0 Å². The minimum atomic E-state index is -0.339. The molecule has 0 fully saturated rings. The van der Waals surface area contributed by atoms with Crippen LogP contribution >= 0.6 is 0 Å². The SMILES string of the molecule is CCc1cc(CC(O)CNCC(C)C)n(C)n1. The predicted molar refractivity (Wildman–Crippen MR) is 70.0 cm³/mol. The number of hydrogen-bond donors (Lipinski definition) is 2. The summed E-state index contributed by atoms with van der Waals surface area (Å²) in [7, 11) is 1.93. The van der Waals surface area contributed by atoms with Crippen molar-refractivity contribution in [1.82, 2.24) is 15.1 Å². The summed E-state index contributed by atoms with van der Waals surface area (Å²) >= 11 is 0. The van der Waals surface area contributed by atoms with Crippen molar-refractivity contribution in [3.8, 4) is 0 Å². The zero-order valence-electron chi connectivity index (χ0n) is 11.4. The number of nitrogens with one attached hydrogen (secondary N) is 1. The smallest absolute Gasteiger partial charge is 0.0719 e. The highest BCUT2D eigenvalue weighted by molar-refractivity contribution is 5.11. The first kappa shape index (κ1) is 14.2. The second-order valence-corrected chi connectivity index (χ2v) is 5.01. The van der Waals surface area contributed by atoms with Crippen LogP contribution < -0.4 is 5.32 Å². The number of aliphatic hydroxyl groups excluding tert-OH is 1. The highest BCUT2D eigenvalue weighted by atomic mass is 16.3. The Morgan fingerprint density at radius 1 is 1.41 bits per heavy atom. The number of rotatable bonds is 7. The summed E-state index contributed by atoms with van der Waals surface area (Å²) in [5, 5.41) is 17.6. The van der Waals surface area contributed by atoms with E-state index in [1.807, 2.05) is 11.7 Å². The fourth-order valence-electron chi connectivity index (χ4n) is 1.79. The molecule has 0 aromatic carbocycles. The molecule has 1 aromatic rings. The van der Waals surface area contributed by atoms with E-state index in [9.17, 15) is 5.11 Å². The molecule has 1 aromatic heterocycles. The summed E-state index contributed by atoms with van der Waals surface area (Å²) in [6, 6.07) is 2.08. The van der Waals surface area contributed by atoms with Crippen LogP contribution in [0.5, 0.6) is 0 Å². The fourth-order valence-corrected chi connectivity index (χ4v) is 1.79. The van der Waals surface area contributed by atoms with E-state index >= 15 is 0 Å². The molecule has 1 rings (SSSR count). The molecule has 0 saturated carbocycles. The van der Waals surface area contributed by atoms with Crippen LogP contribution in [0.3, 0.4) is 0 Å². The summed E-state index contributed by atoms with van der Waals surface area (Å²) in [6.45, 7) is 8.00. The molecule has 0 aliphatic heterocycles. The summed E-state index contributed by atoms with van der Waals surface area (Å²) in [5.41, 5.74) is 2.19. The van der Waals surface area contributed by atoms with Crippen LogP contribution in [0.25, 0.3) is 0 Å². The van der Waals surface area contributed by atoms with Gasteiger partial charge in [0.2, 0.25) is 0 Å². The summed E-state index contributed by atoms with van der Waals surface area (Å²) in [5.74, 6) is 0.616. The van der Waals surface area contributed by atoms with Crippen molar-refractivity contribution in [2.45, 2.75) is 39.7 Å². The first-order chi connectivity index (χ1) is 8.02. The highest BCUT2D eigenvalue weighted by Crippen LogP contribution is 2.06. The van der Waals surface area contributed by atoms with Crippen molar-refractivity contribution < 1.29 is 5.11 Å². The number of nitrogens with zero attached hydrogens (tertiary/aromatic N) is 2. The van der Waals surface area contributed by atoms with Gasteiger partial charge < -0.3 is 10.4 Å². The van der Waals surface area contributed by atoms with Gasteiger partial charge in [-0.05, 0) is 24.9 Å². The summed E-state index contributed by atoms with van der Waals surface area (Å²) in [4.78, 5) is 0. The molecule has 2 N–H and O–H groups in total. The van der Waals surface area contributed by atoms with Crippen LogP contribution in [-0.2, 0) is 19.9 Å². The Kier molecular flexibility index (Phi) is 5.65. The lowest BCUT2D eigenvalue weighted by molar-refractivity contribution is 0.168. The Morgan fingerprint density at radius 2 is 2.12 bits per heavy atom. The van der Waals surface area contributed by atoms with Gasteiger partial charge in [-0.3, -0.25) is 4.68 Å². The molecule has 4 heteroatoms. The molecule has 98 valence electrons. The molecule has 1 unspecified atom stereocenters. The normalized spacial score (nSPS) is 13.3. The molecule has 0 amide bonds. The fraction of sp³-hybridized carbons (Fsp3) is 0.769. The van der Waals surface area contributed by atoms with Crippen LogP contribution in [-0.4, -0.2) is 34.1 Å². The zero-order valence-corrected chi connectivity index (χ0v) is 11.4. The first-order valence-electron chi connectivity index (χ1n) is 6.43. The van der Waals surface area contributed by atoms with Crippen LogP contribution in [0.2, 0.25) is 0 Å². The van der Waals surface area contributed by atoms with E-state index in [2.05, 4.69) is 37.3 Å². The maximum absolute atomic E-state index is 9.92. The number of aryl methyl sites for hydroxylation is 2. The monoisotopic (exact) mass is 239 g/mol. The van der Waals surface area contributed by atoms with E-state index in [4.69, 9.17) is 0 Å². The van der Waals surface area contributed by atoms with Crippen molar-refractivity contribution >= 4 is 0 Å². The molecule has 17 heavy (non-hydrogen) atoms. The van der Waals surface area contributed by atoms with Gasteiger partial charge in [-0.25, -0.2) is 0 Å². The van der Waals surface area contributed by atoms with Crippen molar-refractivity contribution in [3.05, 3.63) is 17.5 Å². The third-order valence-electron chi connectivity index (χ3n) is 2.77. The van der Waals surface area contributed by atoms with E-state index in [1.165, 1.54) is 0 Å². The average molecular weight is 239 g/mol. The van der Waals surface area contributed by atoms with Gasteiger partial charge in [-0.2, -0.15) is 5.10 Å². The second kappa shape index (κ2) is 6.77. The van der Waals surface area contributed by atoms with E-state index < -0.39 is 0 Å². The quantitative estimate of drug-likeness (QED) is 0.750. The van der Waals surface area contributed by atoms with Crippen molar-refractivity contribution in [3.63, 3.8) is 0 Å². The molecule has 0 radical (unpaired) electrons. The second-order valence-electron chi connectivity index (χ2n) is 5.01. The van der Waals surface area contributed by atoms with Gasteiger partial charge >= 0.3 is 0 Å². The van der Waals surface area contributed by atoms with Gasteiger partial charge in [-0.1, -0.05) is 20.8 Å². The van der Waals surface area contributed by atoms with Crippen LogP contribution in [0, 0.1) is 5.92 Å². The molecule has 0 bridgehead atoms. The third kappa shape index (κ3) is 4.88. The standard InChI is InChI=1S/C13H25N3O/c1-5-11-6-12(16(4)15-11)7-13(17)9-14-8-10(2)3/h6,10,13-14,17H,5,7-9H2,1-4H3. The Bertz CT molecular complexity index is 333. The molecular formula is C13H25N3O. The van der Waals surface area contributed by atoms with Crippen molar-refractivity contribution in [1.29, 1.82) is 0 Å². The van der Waals surface area contributed by atoms with E-state index in [1.54, 1.807) is 0 Å². The Morgan fingerprint density at radius 3 is 2.65 bits per heavy atom. The molecule has 0 saturated heterocycles. The Balaban J connectivity index is 2.39. The topological polar surface area (TPSA) is 50.1 Å². The Labute approximate surface area is 104 Å². The average Bonchev–Trinajstić information content (AvgIpc) is 2.59. The number of aromatic nitrogens is 2. The maximum atomic E-state index is 9.92. The van der Waals surface area contributed by atoms with Gasteiger partial charge in [-0.15, -0.1) is 0 Å². The predicted octanol–water partition coefficient (Wildman–Crippen LogP) is 1.13. The number of hydrogen-bond acceptors (Lipinski definition) is 3. The van der Waals surface area contributed by atoms with E-state index in [-0.39, 0.29) is 6.10 Å². The van der Waals surface area contributed by atoms with Crippen molar-refractivity contribution in [2.75, 3.05) is 13.1 Å². The molecule has 1 atom stereocenters. The van der Waals surface area contributed by atoms with Crippen LogP contribution in [0.15, 0.2) is 6.07 Å². The molecule has 0 aliphatic rings. The van der Waals surface area contributed by atoms with Crippen molar-refractivity contribution in [2.24, 2.45) is 13.0 Å². The van der Waals surface area contributed by atoms with Crippen LogP contribution in [0.4, 0.5) is 0 Å². The summed E-state index contributed by atoms with van der Waals surface area (Å²) in [6.07, 6.45) is 1.26. The minimum absolute atomic E-state index is 0.339. The zero-order chi connectivity index (χ0) is 12.8. The molecule has 0 aliphatic carbocycles. The van der Waals surface area contributed by atoms with E-state index in [0.29, 0.717) is 18.9 Å². The van der Waals surface area contributed by atoms with Gasteiger partial charge in [0.05, 0.1) is 11.8 Å². The lowest BCUT2D eigenvalue weighted by Crippen LogP contribution is -2.31. The molecule has 4 nitrogen and oxygen atoms in total. The van der Waals surface area contributed by atoms with E-state index in [0.717, 1.165) is 24.4 Å².